The second-order valence-electron chi connectivity index (χ2n) is 5.31. The standard InChI is InChI=1S/C12H25N3OS/c1-10(4-7-17-3)15(2)9-12(5-6-12)8-11(13)14-16/h10,16H,4-9H2,1-3H3,(H2,13,14). The molecule has 0 spiro atoms. The minimum absolute atomic E-state index is 0.276. The van der Waals surface area contributed by atoms with Gasteiger partial charge >= 0.3 is 0 Å². The van der Waals surface area contributed by atoms with E-state index < -0.39 is 0 Å². The van der Waals surface area contributed by atoms with Crippen LogP contribution in [0.3, 0.4) is 0 Å². The van der Waals surface area contributed by atoms with Crippen LogP contribution < -0.4 is 5.73 Å². The van der Waals surface area contributed by atoms with Gasteiger partial charge in [-0.1, -0.05) is 5.16 Å². The minimum atomic E-state index is 0.276. The lowest BCUT2D eigenvalue weighted by Gasteiger charge is -2.29. The van der Waals surface area contributed by atoms with E-state index in [2.05, 4.69) is 30.3 Å². The van der Waals surface area contributed by atoms with Crippen LogP contribution in [0.5, 0.6) is 0 Å². The monoisotopic (exact) mass is 259 g/mol. The van der Waals surface area contributed by atoms with Gasteiger partial charge in [0, 0.05) is 19.0 Å². The van der Waals surface area contributed by atoms with Crippen LogP contribution in [0.1, 0.15) is 32.6 Å². The number of rotatable bonds is 8. The van der Waals surface area contributed by atoms with Crippen LogP contribution in [0.2, 0.25) is 0 Å². The quantitative estimate of drug-likeness (QED) is 0.303. The van der Waals surface area contributed by atoms with E-state index in [1.54, 1.807) is 0 Å². The Hall–Kier alpha value is -0.420. The fourth-order valence-electron chi connectivity index (χ4n) is 2.18. The first-order valence-corrected chi connectivity index (χ1v) is 7.58. The maximum Gasteiger partial charge on any atom is 0.139 e. The highest BCUT2D eigenvalue weighted by atomic mass is 32.2. The molecule has 1 saturated carbocycles. The number of hydrogen-bond acceptors (Lipinski definition) is 4. The first kappa shape index (κ1) is 14.6. The Morgan fingerprint density at radius 2 is 2.24 bits per heavy atom. The van der Waals surface area contributed by atoms with Crippen LogP contribution in [0.15, 0.2) is 5.16 Å². The maximum atomic E-state index is 8.63. The number of amidine groups is 1. The summed E-state index contributed by atoms with van der Waals surface area (Å²) in [7, 11) is 2.18. The molecule has 3 N–H and O–H groups in total. The lowest BCUT2D eigenvalue weighted by atomic mass is 10.0. The molecule has 0 heterocycles. The molecule has 1 rings (SSSR count). The summed E-state index contributed by atoms with van der Waals surface area (Å²) in [5, 5.41) is 11.7. The Labute approximate surface area is 109 Å². The number of nitrogens with two attached hydrogens (primary N) is 1. The highest BCUT2D eigenvalue weighted by molar-refractivity contribution is 7.98. The predicted molar refractivity (Wildman–Crippen MR) is 74.8 cm³/mol. The van der Waals surface area contributed by atoms with Crippen LogP contribution in [0.25, 0.3) is 0 Å². The highest BCUT2D eigenvalue weighted by Crippen LogP contribution is 2.49. The number of nitrogens with zero attached hydrogens (tertiary/aromatic N) is 2. The average molecular weight is 259 g/mol. The van der Waals surface area contributed by atoms with Crippen molar-refractivity contribution in [2.45, 2.75) is 38.6 Å². The molecule has 0 aromatic heterocycles. The van der Waals surface area contributed by atoms with E-state index in [9.17, 15) is 0 Å². The van der Waals surface area contributed by atoms with Crippen molar-refractivity contribution in [3.8, 4) is 0 Å². The van der Waals surface area contributed by atoms with Gasteiger partial charge in [-0.3, -0.25) is 0 Å². The van der Waals surface area contributed by atoms with E-state index in [0.29, 0.717) is 11.9 Å². The molecule has 0 radical (unpaired) electrons. The average Bonchev–Trinajstić information content (AvgIpc) is 3.05. The maximum absolute atomic E-state index is 8.63. The van der Waals surface area contributed by atoms with E-state index in [1.165, 1.54) is 25.0 Å². The molecule has 100 valence electrons. The molecule has 1 atom stereocenters. The molecule has 1 aliphatic rings. The van der Waals surface area contributed by atoms with Gasteiger partial charge in [-0.2, -0.15) is 11.8 Å². The van der Waals surface area contributed by atoms with Crippen molar-refractivity contribution in [2.24, 2.45) is 16.3 Å². The third kappa shape index (κ3) is 4.76. The Morgan fingerprint density at radius 1 is 1.59 bits per heavy atom. The Bertz CT molecular complexity index is 266. The van der Waals surface area contributed by atoms with Crippen LogP contribution >= 0.6 is 11.8 Å². The molecule has 0 aromatic carbocycles. The van der Waals surface area contributed by atoms with Crippen molar-refractivity contribution in [3.05, 3.63) is 0 Å². The largest absolute Gasteiger partial charge is 0.409 e. The second kappa shape index (κ2) is 6.50. The van der Waals surface area contributed by atoms with Crippen LogP contribution in [0, 0.1) is 5.41 Å². The number of hydrogen-bond donors (Lipinski definition) is 2. The zero-order valence-corrected chi connectivity index (χ0v) is 12.0. The summed E-state index contributed by atoms with van der Waals surface area (Å²) in [4.78, 5) is 2.41. The lowest BCUT2D eigenvalue weighted by molar-refractivity contribution is 0.205. The van der Waals surface area contributed by atoms with Crippen LogP contribution in [-0.4, -0.2) is 47.6 Å². The summed E-state index contributed by atoms with van der Waals surface area (Å²) in [6.45, 7) is 3.33. The summed E-state index contributed by atoms with van der Waals surface area (Å²) in [5.41, 5.74) is 5.89. The van der Waals surface area contributed by atoms with Crippen molar-refractivity contribution in [1.82, 2.24) is 4.90 Å². The third-order valence-electron chi connectivity index (χ3n) is 3.72. The van der Waals surface area contributed by atoms with Crippen LogP contribution in [0.4, 0.5) is 0 Å². The van der Waals surface area contributed by atoms with Gasteiger partial charge in [-0.25, -0.2) is 0 Å². The molecular formula is C12H25N3OS. The number of thioether (sulfide) groups is 1. The summed E-state index contributed by atoms with van der Waals surface area (Å²) in [6, 6.07) is 0.604. The van der Waals surface area contributed by atoms with Crippen molar-refractivity contribution in [1.29, 1.82) is 0 Å². The molecule has 0 aliphatic heterocycles. The summed E-state index contributed by atoms with van der Waals surface area (Å²) >= 11 is 1.90. The van der Waals surface area contributed by atoms with E-state index in [1.807, 2.05) is 11.8 Å². The zero-order valence-electron chi connectivity index (χ0n) is 11.1. The smallest absolute Gasteiger partial charge is 0.139 e. The lowest BCUT2D eigenvalue weighted by Crippen LogP contribution is -2.36. The van der Waals surface area contributed by atoms with Gasteiger partial charge in [-0.05, 0) is 50.7 Å². The molecule has 0 saturated heterocycles. The summed E-state index contributed by atoms with van der Waals surface area (Å²) < 4.78 is 0. The zero-order chi connectivity index (χ0) is 12.9. The first-order valence-electron chi connectivity index (χ1n) is 6.18. The molecule has 4 nitrogen and oxygen atoms in total. The number of oxime groups is 1. The van der Waals surface area contributed by atoms with Crippen molar-refractivity contribution < 1.29 is 5.21 Å². The van der Waals surface area contributed by atoms with Gasteiger partial charge in [0.25, 0.3) is 0 Å². The SMILES string of the molecule is CSCCC(C)N(C)CC1(CC(N)=NO)CC1. The Morgan fingerprint density at radius 3 is 2.71 bits per heavy atom. The van der Waals surface area contributed by atoms with Crippen LogP contribution in [-0.2, 0) is 0 Å². The van der Waals surface area contributed by atoms with Gasteiger partial charge < -0.3 is 15.8 Å². The minimum Gasteiger partial charge on any atom is -0.409 e. The van der Waals surface area contributed by atoms with E-state index in [-0.39, 0.29) is 5.41 Å². The molecule has 17 heavy (non-hydrogen) atoms. The Kier molecular flexibility index (Phi) is 5.59. The molecule has 0 aromatic rings. The van der Waals surface area contributed by atoms with Crippen molar-refractivity contribution in [3.63, 3.8) is 0 Å². The molecule has 1 unspecified atom stereocenters. The normalized spacial score (nSPS) is 20.6. The molecular weight excluding hydrogens is 234 g/mol. The van der Waals surface area contributed by atoms with Gasteiger partial charge in [-0.15, -0.1) is 0 Å². The summed E-state index contributed by atoms with van der Waals surface area (Å²) in [5.74, 6) is 1.58. The topological polar surface area (TPSA) is 61.8 Å². The fourth-order valence-corrected chi connectivity index (χ4v) is 2.76. The molecule has 5 heteroatoms. The van der Waals surface area contributed by atoms with Gasteiger partial charge in [0.15, 0.2) is 0 Å². The van der Waals surface area contributed by atoms with E-state index in [4.69, 9.17) is 10.9 Å². The molecule has 1 aliphatic carbocycles. The first-order chi connectivity index (χ1) is 8.03. The van der Waals surface area contributed by atoms with E-state index in [0.717, 1.165) is 13.0 Å². The highest BCUT2D eigenvalue weighted by Gasteiger charge is 2.44. The molecule has 0 amide bonds. The second-order valence-corrected chi connectivity index (χ2v) is 6.30. The predicted octanol–water partition coefficient (Wildman–Crippen LogP) is 1.98. The molecule has 1 fully saturated rings. The van der Waals surface area contributed by atoms with E-state index >= 15 is 0 Å². The fraction of sp³-hybridized carbons (Fsp3) is 0.917. The third-order valence-corrected chi connectivity index (χ3v) is 4.36. The van der Waals surface area contributed by atoms with Gasteiger partial charge in [0.05, 0.1) is 0 Å². The van der Waals surface area contributed by atoms with Gasteiger partial charge in [0.2, 0.25) is 0 Å². The van der Waals surface area contributed by atoms with Gasteiger partial charge in [0.1, 0.15) is 5.84 Å². The van der Waals surface area contributed by atoms with Crippen molar-refractivity contribution >= 4 is 17.6 Å². The summed E-state index contributed by atoms with van der Waals surface area (Å²) in [6.07, 6.45) is 6.49. The van der Waals surface area contributed by atoms with Crippen molar-refractivity contribution in [2.75, 3.05) is 25.6 Å². The Balaban J connectivity index is 2.37. The molecule has 0 bridgehead atoms.